The average Bonchev–Trinajstić information content (AvgIpc) is 3.33. The second-order valence-electron chi connectivity index (χ2n) is 7.76. The maximum atomic E-state index is 14.2. The zero-order chi connectivity index (χ0) is 20.1. The molecule has 1 aromatic heterocycles. The normalized spacial score (nSPS) is 16.9. The number of aromatic nitrogens is 2. The molecule has 1 fully saturated rings. The van der Waals surface area contributed by atoms with Gasteiger partial charge in [-0.2, -0.15) is 5.10 Å². The highest BCUT2D eigenvalue weighted by molar-refractivity contribution is 5.80. The molecule has 0 spiro atoms. The third kappa shape index (κ3) is 4.70. The van der Waals surface area contributed by atoms with E-state index in [2.05, 4.69) is 34.7 Å². The van der Waals surface area contributed by atoms with E-state index in [0.717, 1.165) is 36.5 Å². The molecule has 6 nitrogen and oxygen atoms in total. The Kier molecular flexibility index (Phi) is 6.34. The number of nitrogens with one attached hydrogen (secondary N) is 2. The van der Waals surface area contributed by atoms with E-state index in [1.807, 2.05) is 43.2 Å². The van der Waals surface area contributed by atoms with Gasteiger partial charge in [-0.3, -0.25) is 9.67 Å². The van der Waals surface area contributed by atoms with Crippen LogP contribution >= 0.6 is 0 Å². The van der Waals surface area contributed by atoms with Crippen LogP contribution in [0.2, 0.25) is 0 Å². The predicted molar refractivity (Wildman–Crippen MR) is 111 cm³/mol. The van der Waals surface area contributed by atoms with Gasteiger partial charge < -0.3 is 15.5 Å². The quantitative estimate of drug-likeness (QED) is 0.541. The van der Waals surface area contributed by atoms with Crippen molar-refractivity contribution in [2.24, 2.45) is 12.0 Å². The molecule has 2 N–H and O–H groups in total. The van der Waals surface area contributed by atoms with E-state index in [1.165, 1.54) is 6.07 Å². The Morgan fingerprint density at radius 2 is 2.07 bits per heavy atom. The summed E-state index contributed by atoms with van der Waals surface area (Å²) in [5.41, 5.74) is 1.79. The average molecular weight is 387 g/mol. The number of hydrogen-bond acceptors (Lipinski definition) is 3. The molecule has 1 aliphatic carbocycles. The van der Waals surface area contributed by atoms with Gasteiger partial charge in [-0.1, -0.05) is 18.2 Å². The van der Waals surface area contributed by atoms with Crippen molar-refractivity contribution < 1.29 is 4.39 Å². The fourth-order valence-electron chi connectivity index (χ4n) is 3.53. The smallest absolute Gasteiger partial charge is 0.191 e. The van der Waals surface area contributed by atoms with Crippen LogP contribution in [-0.4, -0.2) is 54.4 Å². The monoisotopic (exact) mass is 386 g/mol. The molecular formula is C21H31FN6. The van der Waals surface area contributed by atoms with Crippen LogP contribution in [0.3, 0.4) is 0 Å². The molecule has 152 valence electrons. The molecule has 2 aromatic rings. The summed E-state index contributed by atoms with van der Waals surface area (Å²) < 4.78 is 16.1. The topological polar surface area (TPSA) is 57.5 Å². The first-order valence-electron chi connectivity index (χ1n) is 9.87. The summed E-state index contributed by atoms with van der Waals surface area (Å²) in [5, 5.41) is 11.0. The minimum Gasteiger partial charge on any atom is -0.357 e. The van der Waals surface area contributed by atoms with Gasteiger partial charge in [0.15, 0.2) is 5.96 Å². The van der Waals surface area contributed by atoms with E-state index in [4.69, 9.17) is 4.99 Å². The molecule has 1 atom stereocenters. The number of halogens is 1. The number of benzene rings is 1. The molecule has 1 aromatic carbocycles. The van der Waals surface area contributed by atoms with Crippen LogP contribution in [0.25, 0.3) is 0 Å². The second kappa shape index (κ2) is 8.73. The van der Waals surface area contributed by atoms with Crippen molar-refractivity contribution in [3.8, 4) is 0 Å². The van der Waals surface area contributed by atoms with E-state index in [9.17, 15) is 4.39 Å². The molecule has 0 aliphatic heterocycles. The zero-order valence-corrected chi connectivity index (χ0v) is 17.2. The molecule has 1 aliphatic rings. The minimum atomic E-state index is -0.155. The molecule has 0 amide bonds. The molecule has 1 unspecified atom stereocenters. The molecule has 3 rings (SSSR count). The summed E-state index contributed by atoms with van der Waals surface area (Å²) in [6.45, 7) is 4.11. The van der Waals surface area contributed by atoms with Gasteiger partial charge in [-0.05, 0) is 45.5 Å². The van der Waals surface area contributed by atoms with Crippen molar-refractivity contribution in [2.45, 2.75) is 31.2 Å². The van der Waals surface area contributed by atoms with Crippen LogP contribution in [0.15, 0.2) is 41.7 Å². The molecule has 0 saturated heterocycles. The van der Waals surface area contributed by atoms with Crippen molar-refractivity contribution in [1.29, 1.82) is 0 Å². The molecule has 0 bridgehead atoms. The molecule has 0 radical (unpaired) electrons. The Hall–Kier alpha value is -2.41. The maximum Gasteiger partial charge on any atom is 0.191 e. The van der Waals surface area contributed by atoms with Crippen molar-refractivity contribution >= 4 is 5.96 Å². The van der Waals surface area contributed by atoms with Gasteiger partial charge in [0.05, 0.1) is 18.8 Å². The minimum absolute atomic E-state index is 0.127. The highest BCUT2D eigenvalue weighted by atomic mass is 19.1. The lowest BCUT2D eigenvalue weighted by atomic mass is 9.95. The van der Waals surface area contributed by atoms with E-state index in [0.29, 0.717) is 13.1 Å². The molecule has 28 heavy (non-hydrogen) atoms. The highest BCUT2D eigenvalue weighted by Gasteiger charge is 2.45. The molecule has 1 saturated carbocycles. The van der Waals surface area contributed by atoms with Crippen molar-refractivity contribution in [3.05, 3.63) is 53.6 Å². The fourth-order valence-corrected chi connectivity index (χ4v) is 3.53. The molecule has 1 heterocycles. The van der Waals surface area contributed by atoms with Gasteiger partial charge in [-0.15, -0.1) is 0 Å². The molecular weight excluding hydrogens is 355 g/mol. The Labute approximate surface area is 166 Å². The number of hydrogen-bond donors (Lipinski definition) is 2. The Bertz CT molecular complexity index is 809. The summed E-state index contributed by atoms with van der Waals surface area (Å²) in [6, 6.07) is 7.25. The van der Waals surface area contributed by atoms with Crippen molar-refractivity contribution in [2.75, 3.05) is 33.7 Å². The van der Waals surface area contributed by atoms with Crippen molar-refractivity contribution in [3.63, 3.8) is 0 Å². The predicted octanol–water partition coefficient (Wildman–Crippen LogP) is 2.45. The van der Waals surface area contributed by atoms with Crippen molar-refractivity contribution in [1.82, 2.24) is 25.3 Å². The summed E-state index contributed by atoms with van der Waals surface area (Å²) in [6.07, 6.45) is 5.89. The van der Waals surface area contributed by atoms with Gasteiger partial charge in [0, 0.05) is 37.3 Å². The first-order valence-corrected chi connectivity index (χ1v) is 9.87. The van der Waals surface area contributed by atoms with E-state index < -0.39 is 0 Å². The maximum absolute atomic E-state index is 14.2. The lowest BCUT2D eigenvalue weighted by Crippen LogP contribution is -2.42. The number of guanidine groups is 1. The van der Waals surface area contributed by atoms with E-state index in [-0.39, 0.29) is 17.3 Å². The SMILES string of the molecule is CCNC(=NCC1(c2ccccc2F)CC1)NCC(c1cnn(C)c1)N(C)C. The zero-order valence-electron chi connectivity index (χ0n) is 17.2. The second-order valence-corrected chi connectivity index (χ2v) is 7.76. The van der Waals surface area contributed by atoms with Crippen LogP contribution < -0.4 is 10.6 Å². The van der Waals surface area contributed by atoms with Crippen LogP contribution in [0, 0.1) is 5.82 Å². The Morgan fingerprint density at radius 3 is 2.64 bits per heavy atom. The number of rotatable bonds is 8. The first kappa shape index (κ1) is 20.3. The largest absolute Gasteiger partial charge is 0.357 e. The number of aryl methyl sites for hydroxylation is 1. The third-order valence-corrected chi connectivity index (χ3v) is 5.38. The van der Waals surface area contributed by atoms with Gasteiger partial charge in [0.2, 0.25) is 0 Å². The van der Waals surface area contributed by atoms with E-state index >= 15 is 0 Å². The standard InChI is InChI=1S/C21H31FN6/c1-5-23-20(24-13-19(27(2)3)16-12-26-28(4)14-16)25-15-21(10-11-21)17-8-6-7-9-18(17)22/h6-9,12,14,19H,5,10-11,13,15H2,1-4H3,(H2,23,24,25). The summed E-state index contributed by atoms with van der Waals surface area (Å²) in [4.78, 5) is 6.95. The fraction of sp³-hybridized carbons (Fsp3) is 0.524. The van der Waals surface area contributed by atoms with Crippen LogP contribution in [0.5, 0.6) is 0 Å². The Morgan fingerprint density at radius 1 is 1.32 bits per heavy atom. The number of aliphatic imine (C=N–C) groups is 1. The lowest BCUT2D eigenvalue weighted by molar-refractivity contribution is 0.298. The van der Waals surface area contributed by atoms with Gasteiger partial charge in [0.1, 0.15) is 5.82 Å². The number of nitrogens with zero attached hydrogens (tertiary/aromatic N) is 4. The lowest BCUT2D eigenvalue weighted by Gasteiger charge is -2.25. The Balaban J connectivity index is 1.68. The van der Waals surface area contributed by atoms with E-state index in [1.54, 1.807) is 6.07 Å². The highest BCUT2D eigenvalue weighted by Crippen LogP contribution is 2.49. The van der Waals surface area contributed by atoms with Crippen LogP contribution in [0.1, 0.15) is 36.9 Å². The van der Waals surface area contributed by atoms with Gasteiger partial charge in [0.25, 0.3) is 0 Å². The summed E-state index contributed by atoms with van der Waals surface area (Å²) in [7, 11) is 6.04. The number of likely N-dealkylation sites (N-methyl/N-ethyl adjacent to an activating group) is 1. The third-order valence-electron chi connectivity index (χ3n) is 5.38. The summed E-state index contributed by atoms with van der Waals surface area (Å²) in [5.74, 6) is 0.637. The van der Waals surface area contributed by atoms with Crippen LogP contribution in [0.4, 0.5) is 4.39 Å². The first-order chi connectivity index (χ1) is 13.4. The van der Waals surface area contributed by atoms with Gasteiger partial charge >= 0.3 is 0 Å². The molecule has 7 heteroatoms. The summed E-state index contributed by atoms with van der Waals surface area (Å²) >= 11 is 0. The van der Waals surface area contributed by atoms with Gasteiger partial charge in [-0.25, -0.2) is 4.39 Å². The van der Waals surface area contributed by atoms with Crippen LogP contribution in [-0.2, 0) is 12.5 Å².